The molecule has 0 saturated carbocycles. The summed E-state index contributed by atoms with van der Waals surface area (Å²) in [7, 11) is 0. The van der Waals surface area contributed by atoms with Crippen LogP contribution in [0.15, 0.2) is 12.1 Å². The van der Waals surface area contributed by atoms with Crippen molar-refractivity contribution in [1.82, 2.24) is 10.6 Å². The highest BCUT2D eigenvalue weighted by Crippen LogP contribution is 2.21. The van der Waals surface area contributed by atoms with Crippen LogP contribution in [-0.4, -0.2) is 24.3 Å². The fourth-order valence-corrected chi connectivity index (χ4v) is 1.76. The van der Waals surface area contributed by atoms with E-state index < -0.39 is 23.9 Å². The van der Waals surface area contributed by atoms with Crippen molar-refractivity contribution in [3.63, 3.8) is 0 Å². The maximum absolute atomic E-state index is 13.6. The second-order valence-corrected chi connectivity index (χ2v) is 4.00. The highest BCUT2D eigenvalue weighted by atomic mass is 19.2. The Hall–Kier alpha value is -1.04. The van der Waals surface area contributed by atoms with E-state index in [4.69, 9.17) is 0 Å². The third-order valence-electron chi connectivity index (χ3n) is 2.73. The van der Waals surface area contributed by atoms with Crippen LogP contribution < -0.4 is 10.6 Å². The molecule has 0 aliphatic carbocycles. The Balaban J connectivity index is 2.24. The summed E-state index contributed by atoms with van der Waals surface area (Å²) in [4.78, 5) is 0. The quantitative estimate of drug-likeness (QED) is 0.667. The van der Waals surface area contributed by atoms with Gasteiger partial charge in [-0.2, -0.15) is 0 Å². The normalized spacial score (nSPS) is 25.8. The average Bonchev–Trinajstić information content (AvgIpc) is 2.28. The van der Waals surface area contributed by atoms with Gasteiger partial charge in [-0.15, -0.1) is 0 Å². The highest BCUT2D eigenvalue weighted by Gasteiger charge is 2.23. The molecule has 2 rings (SSSR count). The molecule has 0 spiro atoms. The van der Waals surface area contributed by atoms with Crippen molar-refractivity contribution >= 4 is 0 Å². The van der Waals surface area contributed by atoms with Gasteiger partial charge in [0.1, 0.15) is 0 Å². The molecule has 0 bridgehead atoms. The van der Waals surface area contributed by atoms with E-state index in [1.54, 1.807) is 12.1 Å². The molecule has 1 fully saturated rings. The van der Waals surface area contributed by atoms with Gasteiger partial charge in [-0.05, 0) is 12.5 Å². The smallest absolute Gasteiger partial charge is 0.165 e. The lowest BCUT2D eigenvalue weighted by Gasteiger charge is -2.29. The molecule has 1 aromatic carbocycles. The number of nitrogens with one attached hydrogen (secondary N) is 2. The van der Waals surface area contributed by atoms with Crippen LogP contribution in [-0.2, 0) is 0 Å². The average molecular weight is 228 g/mol. The van der Waals surface area contributed by atoms with Gasteiger partial charge in [0.25, 0.3) is 0 Å². The van der Waals surface area contributed by atoms with Crippen LogP contribution in [0.1, 0.15) is 17.3 Å². The van der Waals surface area contributed by atoms with E-state index in [9.17, 15) is 13.9 Å². The van der Waals surface area contributed by atoms with Gasteiger partial charge in [-0.25, -0.2) is 8.78 Å². The summed E-state index contributed by atoms with van der Waals surface area (Å²) in [6.45, 7) is 2.26. The van der Waals surface area contributed by atoms with Crippen molar-refractivity contribution in [2.75, 3.05) is 13.1 Å². The molecular weight excluding hydrogens is 214 g/mol. The highest BCUT2D eigenvalue weighted by molar-refractivity contribution is 5.27. The van der Waals surface area contributed by atoms with Gasteiger partial charge in [0, 0.05) is 18.7 Å². The SMILES string of the molecule is Cc1ccc(C2NCC(O)CN2)c(F)c1F. The van der Waals surface area contributed by atoms with Crippen LogP contribution in [0.3, 0.4) is 0 Å². The molecule has 0 unspecified atom stereocenters. The monoisotopic (exact) mass is 228 g/mol. The van der Waals surface area contributed by atoms with Crippen LogP contribution in [0.5, 0.6) is 0 Å². The summed E-state index contributed by atoms with van der Waals surface area (Å²) in [6.07, 6.45) is -0.937. The Labute approximate surface area is 92.5 Å². The lowest BCUT2D eigenvalue weighted by molar-refractivity contribution is 0.128. The number of hydrogen-bond acceptors (Lipinski definition) is 3. The lowest BCUT2D eigenvalue weighted by Crippen LogP contribution is -2.49. The largest absolute Gasteiger partial charge is 0.390 e. The van der Waals surface area contributed by atoms with Gasteiger partial charge in [0.05, 0.1) is 12.3 Å². The summed E-state index contributed by atoms with van der Waals surface area (Å²) < 4.78 is 27.0. The molecule has 1 saturated heterocycles. The van der Waals surface area contributed by atoms with Crippen LogP contribution in [0, 0.1) is 18.6 Å². The zero-order valence-electron chi connectivity index (χ0n) is 8.93. The van der Waals surface area contributed by atoms with Crippen molar-refractivity contribution in [2.24, 2.45) is 0 Å². The van der Waals surface area contributed by atoms with Crippen molar-refractivity contribution in [3.05, 3.63) is 34.9 Å². The molecular formula is C11H14F2N2O. The van der Waals surface area contributed by atoms with Gasteiger partial charge in [0.15, 0.2) is 11.6 Å². The number of β-amino-alcohol motifs (C(OH)–C–C–N with tert-alkyl or cyclic N) is 1. The second-order valence-electron chi connectivity index (χ2n) is 4.00. The van der Waals surface area contributed by atoms with E-state index in [2.05, 4.69) is 10.6 Å². The number of aryl methyl sites for hydroxylation is 1. The first kappa shape index (κ1) is 11.4. The van der Waals surface area contributed by atoms with E-state index in [1.807, 2.05) is 0 Å². The van der Waals surface area contributed by atoms with Crippen LogP contribution >= 0.6 is 0 Å². The predicted octanol–water partition coefficient (Wildman–Crippen LogP) is 0.826. The molecule has 1 aliphatic heterocycles. The molecule has 0 amide bonds. The topological polar surface area (TPSA) is 44.3 Å². The number of halogens is 2. The summed E-state index contributed by atoms with van der Waals surface area (Å²) >= 11 is 0. The molecule has 3 N–H and O–H groups in total. The first-order chi connectivity index (χ1) is 7.59. The molecule has 88 valence electrons. The van der Waals surface area contributed by atoms with E-state index in [0.29, 0.717) is 13.1 Å². The first-order valence-corrected chi connectivity index (χ1v) is 5.19. The number of aliphatic hydroxyl groups is 1. The van der Waals surface area contributed by atoms with Crippen molar-refractivity contribution < 1.29 is 13.9 Å². The fourth-order valence-electron chi connectivity index (χ4n) is 1.76. The van der Waals surface area contributed by atoms with Gasteiger partial charge < -0.3 is 5.11 Å². The number of aliphatic hydroxyl groups excluding tert-OH is 1. The van der Waals surface area contributed by atoms with Crippen molar-refractivity contribution in [2.45, 2.75) is 19.2 Å². The zero-order chi connectivity index (χ0) is 11.7. The van der Waals surface area contributed by atoms with E-state index in [-0.39, 0.29) is 11.1 Å². The van der Waals surface area contributed by atoms with E-state index in [0.717, 1.165) is 0 Å². The van der Waals surface area contributed by atoms with Gasteiger partial charge in [-0.3, -0.25) is 10.6 Å². The summed E-state index contributed by atoms with van der Waals surface area (Å²) in [6, 6.07) is 3.10. The minimum atomic E-state index is -0.832. The van der Waals surface area contributed by atoms with Crippen LogP contribution in [0.4, 0.5) is 8.78 Å². The van der Waals surface area contributed by atoms with Gasteiger partial charge >= 0.3 is 0 Å². The Morgan fingerprint density at radius 1 is 1.19 bits per heavy atom. The molecule has 1 heterocycles. The summed E-state index contributed by atoms with van der Waals surface area (Å²) in [5.74, 6) is -1.64. The Kier molecular flexibility index (Phi) is 3.18. The first-order valence-electron chi connectivity index (χ1n) is 5.19. The molecule has 0 radical (unpaired) electrons. The number of rotatable bonds is 1. The maximum atomic E-state index is 13.6. The van der Waals surface area contributed by atoms with Gasteiger partial charge in [0.2, 0.25) is 0 Å². The Morgan fingerprint density at radius 3 is 2.44 bits per heavy atom. The predicted molar refractivity (Wildman–Crippen MR) is 55.8 cm³/mol. The second kappa shape index (κ2) is 4.45. The minimum absolute atomic E-state index is 0.245. The zero-order valence-corrected chi connectivity index (χ0v) is 8.93. The summed E-state index contributed by atoms with van der Waals surface area (Å²) in [5, 5.41) is 15.1. The molecule has 3 nitrogen and oxygen atoms in total. The summed E-state index contributed by atoms with van der Waals surface area (Å²) in [5.41, 5.74) is 0.534. The third kappa shape index (κ3) is 2.07. The molecule has 0 aromatic heterocycles. The van der Waals surface area contributed by atoms with Gasteiger partial charge in [-0.1, -0.05) is 12.1 Å². The van der Waals surface area contributed by atoms with E-state index in [1.165, 1.54) is 6.92 Å². The Bertz CT molecular complexity index is 390. The standard InChI is InChI=1S/C11H14F2N2O/c1-6-2-3-8(10(13)9(6)12)11-14-4-7(16)5-15-11/h2-3,7,11,14-16H,4-5H2,1H3. The number of hydrogen-bond donors (Lipinski definition) is 3. The molecule has 1 aromatic rings. The third-order valence-corrected chi connectivity index (χ3v) is 2.73. The maximum Gasteiger partial charge on any atom is 0.165 e. The lowest BCUT2D eigenvalue weighted by atomic mass is 10.1. The molecule has 5 heteroatoms. The van der Waals surface area contributed by atoms with Crippen LogP contribution in [0.2, 0.25) is 0 Å². The Morgan fingerprint density at radius 2 is 1.81 bits per heavy atom. The minimum Gasteiger partial charge on any atom is -0.390 e. The molecule has 0 atom stereocenters. The van der Waals surface area contributed by atoms with Crippen molar-refractivity contribution in [1.29, 1.82) is 0 Å². The molecule has 1 aliphatic rings. The number of benzene rings is 1. The molecule has 16 heavy (non-hydrogen) atoms. The van der Waals surface area contributed by atoms with E-state index >= 15 is 0 Å². The van der Waals surface area contributed by atoms with Crippen molar-refractivity contribution in [3.8, 4) is 0 Å². The fraction of sp³-hybridized carbons (Fsp3) is 0.455. The van der Waals surface area contributed by atoms with Crippen LogP contribution in [0.25, 0.3) is 0 Å².